The van der Waals surface area contributed by atoms with Crippen LogP contribution in [0.15, 0.2) is 36.9 Å². The lowest BCUT2D eigenvalue weighted by molar-refractivity contribution is -0.169. The van der Waals surface area contributed by atoms with Crippen LogP contribution in [0.3, 0.4) is 0 Å². The Labute approximate surface area is 162 Å². The SMILES string of the molecule is C=CCOC(=O)[C@@H]1N2C(=O)C([C@H](O)C(=O)c3ccc(C)cc3)[C@H]2SC1(C)C. The number of aryl methyl sites for hydroxylation is 1. The lowest BCUT2D eigenvalue weighted by Gasteiger charge is -2.45. The molecule has 0 aromatic heterocycles. The molecule has 1 N–H and O–H groups in total. The zero-order chi connectivity index (χ0) is 19.9. The van der Waals surface area contributed by atoms with Gasteiger partial charge >= 0.3 is 5.97 Å². The molecule has 0 aliphatic carbocycles. The van der Waals surface area contributed by atoms with E-state index in [0.29, 0.717) is 5.56 Å². The minimum Gasteiger partial charge on any atom is -0.460 e. The molecule has 1 unspecified atom stereocenters. The van der Waals surface area contributed by atoms with Gasteiger partial charge in [0, 0.05) is 10.3 Å². The Morgan fingerprint density at radius 3 is 2.59 bits per heavy atom. The summed E-state index contributed by atoms with van der Waals surface area (Å²) in [6.07, 6.45) is 0.0302. The first-order valence-electron chi connectivity index (χ1n) is 8.75. The van der Waals surface area contributed by atoms with Crippen molar-refractivity contribution in [2.45, 2.75) is 43.0 Å². The van der Waals surface area contributed by atoms with Gasteiger partial charge < -0.3 is 14.7 Å². The molecule has 2 aliphatic rings. The van der Waals surface area contributed by atoms with Crippen molar-refractivity contribution in [3.63, 3.8) is 0 Å². The number of β-lactam (4-membered cyclic amide) rings is 1. The standard InChI is InChI=1S/C20H23NO5S/c1-5-10-26-19(25)16-20(3,4)27-18-13(17(24)21(16)18)15(23)14(22)12-8-6-11(2)7-9-12/h5-9,13,15-16,18,23H,1,10H2,2-4H3/t13?,15-,16-,18+/m0/s1. The van der Waals surface area contributed by atoms with E-state index in [-0.39, 0.29) is 6.61 Å². The van der Waals surface area contributed by atoms with Crippen molar-refractivity contribution in [2.24, 2.45) is 5.92 Å². The minimum atomic E-state index is -1.44. The van der Waals surface area contributed by atoms with E-state index in [2.05, 4.69) is 6.58 Å². The summed E-state index contributed by atoms with van der Waals surface area (Å²) in [4.78, 5) is 39.2. The van der Waals surface area contributed by atoms with Gasteiger partial charge in [0.1, 0.15) is 24.7 Å². The number of hydrogen-bond acceptors (Lipinski definition) is 6. The van der Waals surface area contributed by atoms with E-state index >= 15 is 0 Å². The van der Waals surface area contributed by atoms with Gasteiger partial charge in [-0.25, -0.2) is 4.79 Å². The predicted molar refractivity (Wildman–Crippen MR) is 102 cm³/mol. The lowest BCUT2D eigenvalue weighted by atomic mass is 9.85. The second-order valence-corrected chi connectivity index (χ2v) is 9.15. The highest BCUT2D eigenvalue weighted by Gasteiger charge is 2.66. The lowest BCUT2D eigenvalue weighted by Crippen LogP contribution is -2.66. The second kappa shape index (κ2) is 7.13. The van der Waals surface area contributed by atoms with Gasteiger partial charge in [-0.3, -0.25) is 9.59 Å². The highest BCUT2D eigenvalue weighted by Crippen LogP contribution is 2.54. The number of ketones is 1. The third kappa shape index (κ3) is 3.30. The smallest absolute Gasteiger partial charge is 0.330 e. The van der Waals surface area contributed by atoms with E-state index in [1.165, 1.54) is 22.7 Å². The topological polar surface area (TPSA) is 83.9 Å². The number of amides is 1. The molecule has 0 spiro atoms. The first-order chi connectivity index (χ1) is 12.7. The Balaban J connectivity index is 1.78. The first-order valence-corrected chi connectivity index (χ1v) is 9.63. The number of esters is 1. The van der Waals surface area contributed by atoms with E-state index in [4.69, 9.17) is 4.74 Å². The number of benzene rings is 1. The fourth-order valence-corrected chi connectivity index (χ4v) is 5.30. The molecule has 2 aliphatic heterocycles. The molecular weight excluding hydrogens is 366 g/mol. The van der Waals surface area contributed by atoms with Crippen molar-refractivity contribution in [3.8, 4) is 0 Å². The third-order valence-corrected chi connectivity index (χ3v) is 6.59. The summed E-state index contributed by atoms with van der Waals surface area (Å²) in [6, 6.07) is 6.10. The number of fused-ring (bicyclic) bond motifs is 1. The Morgan fingerprint density at radius 2 is 2.00 bits per heavy atom. The summed E-state index contributed by atoms with van der Waals surface area (Å²) in [6.45, 7) is 9.20. The molecule has 0 saturated carbocycles. The molecule has 2 saturated heterocycles. The molecule has 144 valence electrons. The molecule has 0 radical (unpaired) electrons. The Hall–Kier alpha value is -2.12. The fourth-order valence-electron chi connectivity index (χ4n) is 3.59. The maximum atomic E-state index is 12.7. The van der Waals surface area contributed by atoms with Crippen LogP contribution >= 0.6 is 11.8 Å². The number of aliphatic hydroxyl groups excluding tert-OH is 1. The van der Waals surface area contributed by atoms with Crippen LogP contribution in [0, 0.1) is 12.8 Å². The number of ether oxygens (including phenoxy) is 1. The summed E-state index contributed by atoms with van der Waals surface area (Å²) < 4.78 is 4.56. The third-order valence-electron chi connectivity index (χ3n) is 4.99. The molecular formula is C20H23NO5S. The number of aliphatic hydroxyl groups is 1. The summed E-state index contributed by atoms with van der Waals surface area (Å²) in [5.41, 5.74) is 1.37. The monoisotopic (exact) mass is 389 g/mol. The highest BCUT2D eigenvalue weighted by molar-refractivity contribution is 8.01. The van der Waals surface area contributed by atoms with Crippen LogP contribution in [0.1, 0.15) is 29.8 Å². The van der Waals surface area contributed by atoms with E-state index in [1.807, 2.05) is 20.8 Å². The van der Waals surface area contributed by atoms with E-state index in [1.54, 1.807) is 24.3 Å². The van der Waals surface area contributed by atoms with Crippen LogP contribution in [0.2, 0.25) is 0 Å². The van der Waals surface area contributed by atoms with Gasteiger partial charge in [-0.15, -0.1) is 11.8 Å². The van der Waals surface area contributed by atoms with Crippen LogP contribution in [0.25, 0.3) is 0 Å². The predicted octanol–water partition coefficient (Wildman–Crippen LogP) is 1.95. The zero-order valence-corrected chi connectivity index (χ0v) is 16.4. The number of rotatable bonds is 6. The maximum Gasteiger partial charge on any atom is 0.330 e. The number of Topliss-reactive ketones (excluding diaryl/α,β-unsaturated/α-hetero) is 1. The van der Waals surface area contributed by atoms with E-state index in [0.717, 1.165) is 5.56 Å². The maximum absolute atomic E-state index is 12.7. The molecule has 0 bridgehead atoms. The molecule has 3 rings (SSSR count). The van der Waals surface area contributed by atoms with Gasteiger partial charge in [-0.05, 0) is 20.8 Å². The van der Waals surface area contributed by atoms with E-state index < -0.39 is 45.8 Å². The normalized spacial score (nSPS) is 26.7. The average molecular weight is 389 g/mol. The number of carbonyl (C=O) groups is 3. The highest BCUT2D eigenvalue weighted by atomic mass is 32.2. The van der Waals surface area contributed by atoms with Gasteiger partial charge in [0.25, 0.3) is 0 Å². The molecule has 6 nitrogen and oxygen atoms in total. The number of carbonyl (C=O) groups excluding carboxylic acids is 3. The largest absolute Gasteiger partial charge is 0.460 e. The van der Waals surface area contributed by atoms with Gasteiger partial charge in [0.2, 0.25) is 5.91 Å². The molecule has 1 aromatic rings. The Bertz CT molecular complexity index is 788. The number of nitrogens with zero attached hydrogens (tertiary/aromatic N) is 1. The molecule has 1 amide bonds. The van der Waals surface area contributed by atoms with Crippen LogP contribution in [-0.2, 0) is 14.3 Å². The fraction of sp³-hybridized carbons (Fsp3) is 0.450. The quantitative estimate of drug-likeness (QED) is 0.347. The van der Waals surface area contributed by atoms with Gasteiger partial charge in [0.15, 0.2) is 5.78 Å². The van der Waals surface area contributed by atoms with Gasteiger partial charge in [-0.2, -0.15) is 0 Å². The van der Waals surface area contributed by atoms with Crippen LogP contribution < -0.4 is 0 Å². The van der Waals surface area contributed by atoms with Crippen molar-refractivity contribution in [1.29, 1.82) is 0 Å². The summed E-state index contributed by atoms with van der Waals surface area (Å²) in [7, 11) is 0. The Morgan fingerprint density at radius 1 is 1.37 bits per heavy atom. The van der Waals surface area contributed by atoms with Crippen molar-refractivity contribution in [1.82, 2.24) is 4.90 Å². The average Bonchev–Trinajstić information content (AvgIpc) is 2.87. The molecule has 4 atom stereocenters. The zero-order valence-electron chi connectivity index (χ0n) is 15.5. The minimum absolute atomic E-state index is 0.0702. The summed E-state index contributed by atoms with van der Waals surface area (Å²) >= 11 is 1.41. The van der Waals surface area contributed by atoms with Crippen molar-refractivity contribution >= 4 is 29.4 Å². The summed E-state index contributed by atoms with van der Waals surface area (Å²) in [5.74, 6) is -2.24. The molecule has 1 aromatic carbocycles. The second-order valence-electron chi connectivity index (χ2n) is 7.38. The molecule has 7 heteroatoms. The number of hydrogen-bond donors (Lipinski definition) is 1. The molecule has 2 heterocycles. The Kier molecular flexibility index (Phi) is 5.18. The van der Waals surface area contributed by atoms with E-state index in [9.17, 15) is 19.5 Å². The van der Waals surface area contributed by atoms with Crippen molar-refractivity contribution in [3.05, 3.63) is 48.0 Å². The molecule has 27 heavy (non-hydrogen) atoms. The van der Waals surface area contributed by atoms with Crippen molar-refractivity contribution in [2.75, 3.05) is 6.61 Å². The van der Waals surface area contributed by atoms with Crippen LogP contribution in [0.4, 0.5) is 0 Å². The summed E-state index contributed by atoms with van der Waals surface area (Å²) in [5, 5.41) is 10.1. The first kappa shape index (κ1) is 19.6. The van der Waals surface area contributed by atoms with Crippen LogP contribution in [0.5, 0.6) is 0 Å². The molecule has 2 fully saturated rings. The van der Waals surface area contributed by atoms with Gasteiger partial charge in [-0.1, -0.05) is 42.5 Å². The van der Waals surface area contributed by atoms with Crippen LogP contribution in [-0.4, -0.2) is 56.5 Å². The van der Waals surface area contributed by atoms with Crippen molar-refractivity contribution < 1.29 is 24.2 Å². The number of thioether (sulfide) groups is 1. The van der Waals surface area contributed by atoms with Gasteiger partial charge in [0.05, 0.1) is 5.37 Å².